The molecule has 0 amide bonds. The van der Waals surface area contributed by atoms with E-state index in [4.69, 9.17) is 19.2 Å². The van der Waals surface area contributed by atoms with Gasteiger partial charge in [-0.1, -0.05) is 36.4 Å². The molecule has 0 spiro atoms. The topological polar surface area (TPSA) is 66.9 Å². The van der Waals surface area contributed by atoms with Crippen molar-refractivity contribution in [2.75, 3.05) is 27.6 Å². The van der Waals surface area contributed by atoms with Gasteiger partial charge in [-0.05, 0) is 71.6 Å². The Kier molecular flexibility index (Phi) is 7.63. The molecule has 0 unspecified atom stereocenters. The van der Waals surface area contributed by atoms with Crippen LogP contribution in [-0.2, 0) is 20.7 Å². The molecule has 0 aliphatic heterocycles. The third kappa shape index (κ3) is 5.78. The van der Waals surface area contributed by atoms with Gasteiger partial charge in [-0.15, -0.1) is 0 Å². The fourth-order valence-electron chi connectivity index (χ4n) is 4.07. The van der Waals surface area contributed by atoms with Crippen molar-refractivity contribution in [2.24, 2.45) is 0 Å². The van der Waals surface area contributed by atoms with E-state index < -0.39 is 5.97 Å². The minimum atomic E-state index is -0.411. The van der Waals surface area contributed by atoms with E-state index in [9.17, 15) is 4.79 Å². The number of nitrogens with zero attached hydrogens (tertiary/aromatic N) is 1. The highest BCUT2D eigenvalue weighted by Gasteiger charge is 2.14. The number of aromatic nitrogens is 1. The molecule has 3 aromatic carbocycles. The highest BCUT2D eigenvalue weighted by Crippen LogP contribution is 2.32. The van der Waals surface area contributed by atoms with Crippen LogP contribution < -0.4 is 9.47 Å². The number of carbonyl (C=O) groups excluding carboxylic acids is 1. The predicted octanol–water partition coefficient (Wildman–Crippen LogP) is 5.64. The maximum absolute atomic E-state index is 11.4. The number of hydrogen-bond donors (Lipinski definition) is 0. The molecule has 6 heteroatoms. The first-order valence-corrected chi connectivity index (χ1v) is 11.4. The van der Waals surface area contributed by atoms with Crippen LogP contribution in [0.3, 0.4) is 0 Å². The van der Waals surface area contributed by atoms with E-state index in [1.165, 1.54) is 12.5 Å². The molecule has 0 aliphatic carbocycles. The van der Waals surface area contributed by atoms with Crippen molar-refractivity contribution in [1.82, 2.24) is 4.98 Å². The van der Waals surface area contributed by atoms with Crippen LogP contribution in [-0.4, -0.2) is 38.6 Å². The monoisotopic (exact) mass is 471 g/mol. The zero-order valence-electron chi connectivity index (χ0n) is 20.5. The van der Waals surface area contributed by atoms with Gasteiger partial charge in [-0.25, -0.2) is 9.78 Å². The zero-order valence-corrected chi connectivity index (χ0v) is 20.5. The molecular formula is C29H29NO5. The van der Waals surface area contributed by atoms with Gasteiger partial charge in [0.15, 0.2) is 13.4 Å². The molecule has 0 saturated carbocycles. The first-order valence-electron chi connectivity index (χ1n) is 11.4. The number of ether oxygens (including phenoxy) is 4. The van der Waals surface area contributed by atoms with Crippen LogP contribution in [0.4, 0.5) is 0 Å². The summed E-state index contributed by atoms with van der Waals surface area (Å²) in [6.07, 6.45) is 0.653. The third-order valence-electron chi connectivity index (χ3n) is 5.88. The van der Waals surface area contributed by atoms with Gasteiger partial charge >= 0.3 is 5.97 Å². The standard InChI is InChI=1S/C29H29NO5/c1-19-13-25(34-17-28(31)33-4)14-20(2)26(19)16-24-11-12-27(35-18-32-3)29(30-24)23-10-9-21-7-5-6-8-22(21)15-23/h5-15H,16-18H2,1-4H3. The maximum Gasteiger partial charge on any atom is 0.343 e. The molecular weight excluding hydrogens is 442 g/mol. The summed E-state index contributed by atoms with van der Waals surface area (Å²) in [5.74, 6) is 0.902. The van der Waals surface area contributed by atoms with Crippen LogP contribution in [0.25, 0.3) is 22.0 Å². The molecule has 0 atom stereocenters. The summed E-state index contributed by atoms with van der Waals surface area (Å²) < 4.78 is 21.2. The molecule has 6 nitrogen and oxygen atoms in total. The van der Waals surface area contributed by atoms with Gasteiger partial charge < -0.3 is 18.9 Å². The number of pyridine rings is 1. The van der Waals surface area contributed by atoms with Crippen LogP contribution in [0.15, 0.2) is 66.7 Å². The number of esters is 1. The molecule has 1 aromatic heterocycles. The predicted molar refractivity (Wildman–Crippen MR) is 136 cm³/mol. The molecule has 4 rings (SSSR count). The van der Waals surface area contributed by atoms with E-state index >= 15 is 0 Å². The lowest BCUT2D eigenvalue weighted by atomic mass is 9.97. The molecule has 0 radical (unpaired) electrons. The van der Waals surface area contributed by atoms with Gasteiger partial charge in [-0.3, -0.25) is 0 Å². The van der Waals surface area contributed by atoms with Gasteiger partial charge in [0.25, 0.3) is 0 Å². The number of rotatable bonds is 9. The van der Waals surface area contributed by atoms with Crippen LogP contribution in [0.2, 0.25) is 0 Å². The van der Waals surface area contributed by atoms with Crippen molar-refractivity contribution in [1.29, 1.82) is 0 Å². The summed E-state index contributed by atoms with van der Waals surface area (Å²) in [6.45, 7) is 4.10. The second-order valence-corrected chi connectivity index (χ2v) is 8.34. The van der Waals surface area contributed by atoms with E-state index in [0.29, 0.717) is 17.9 Å². The highest BCUT2D eigenvalue weighted by atomic mass is 16.7. The smallest absolute Gasteiger partial charge is 0.343 e. The molecule has 0 fully saturated rings. The average molecular weight is 472 g/mol. The number of hydrogen-bond acceptors (Lipinski definition) is 6. The van der Waals surface area contributed by atoms with Crippen molar-refractivity contribution in [3.05, 3.63) is 89.1 Å². The van der Waals surface area contributed by atoms with E-state index in [2.05, 4.69) is 35.1 Å². The van der Waals surface area contributed by atoms with Crippen LogP contribution in [0.1, 0.15) is 22.4 Å². The Morgan fingerprint density at radius 3 is 2.31 bits per heavy atom. The van der Waals surface area contributed by atoms with Gasteiger partial charge in [0, 0.05) is 24.8 Å². The van der Waals surface area contributed by atoms with Gasteiger partial charge in [0.2, 0.25) is 0 Å². The zero-order chi connectivity index (χ0) is 24.8. The minimum Gasteiger partial charge on any atom is -0.482 e. The average Bonchev–Trinajstić information content (AvgIpc) is 2.88. The number of aryl methyl sites for hydroxylation is 2. The molecule has 0 saturated heterocycles. The summed E-state index contributed by atoms with van der Waals surface area (Å²) in [5, 5.41) is 2.32. The second kappa shape index (κ2) is 11.0. The lowest BCUT2D eigenvalue weighted by Gasteiger charge is -2.15. The Bertz CT molecular complexity index is 1330. The summed E-state index contributed by atoms with van der Waals surface area (Å²) in [5.41, 5.74) is 5.98. The molecule has 0 aliphatic rings. The Morgan fingerprint density at radius 2 is 1.60 bits per heavy atom. The van der Waals surface area contributed by atoms with E-state index in [-0.39, 0.29) is 13.4 Å². The van der Waals surface area contributed by atoms with E-state index in [1.807, 2.05) is 50.2 Å². The number of carbonyl (C=O) groups is 1. The number of fused-ring (bicyclic) bond motifs is 1. The van der Waals surface area contributed by atoms with E-state index in [1.54, 1.807) is 7.11 Å². The molecule has 4 aromatic rings. The number of methoxy groups -OCH3 is 2. The third-order valence-corrected chi connectivity index (χ3v) is 5.88. The quantitative estimate of drug-likeness (QED) is 0.232. The molecule has 180 valence electrons. The normalized spacial score (nSPS) is 10.9. The van der Waals surface area contributed by atoms with Crippen molar-refractivity contribution >= 4 is 16.7 Å². The van der Waals surface area contributed by atoms with E-state index in [0.717, 1.165) is 39.0 Å². The van der Waals surface area contributed by atoms with Crippen molar-refractivity contribution < 1.29 is 23.7 Å². The molecule has 1 heterocycles. The van der Waals surface area contributed by atoms with Crippen LogP contribution >= 0.6 is 0 Å². The number of benzene rings is 3. The van der Waals surface area contributed by atoms with Crippen LogP contribution in [0, 0.1) is 13.8 Å². The fourth-order valence-corrected chi connectivity index (χ4v) is 4.07. The summed E-state index contributed by atoms with van der Waals surface area (Å²) in [4.78, 5) is 16.4. The van der Waals surface area contributed by atoms with Crippen LogP contribution in [0.5, 0.6) is 11.5 Å². The summed E-state index contributed by atoms with van der Waals surface area (Å²) in [7, 11) is 2.94. The van der Waals surface area contributed by atoms with Crippen molar-refractivity contribution in [2.45, 2.75) is 20.3 Å². The molecule has 0 bridgehead atoms. The Balaban J connectivity index is 1.66. The van der Waals surface area contributed by atoms with Crippen molar-refractivity contribution in [3.8, 4) is 22.8 Å². The largest absolute Gasteiger partial charge is 0.482 e. The Hall–Kier alpha value is -3.90. The maximum atomic E-state index is 11.4. The molecule has 35 heavy (non-hydrogen) atoms. The van der Waals surface area contributed by atoms with Gasteiger partial charge in [0.1, 0.15) is 17.2 Å². The van der Waals surface area contributed by atoms with Crippen molar-refractivity contribution in [3.63, 3.8) is 0 Å². The first-order chi connectivity index (χ1) is 17.0. The highest BCUT2D eigenvalue weighted by molar-refractivity contribution is 5.87. The second-order valence-electron chi connectivity index (χ2n) is 8.34. The van der Waals surface area contributed by atoms with Gasteiger partial charge in [-0.2, -0.15) is 0 Å². The lowest BCUT2D eigenvalue weighted by Crippen LogP contribution is -2.13. The van der Waals surface area contributed by atoms with Gasteiger partial charge in [0.05, 0.1) is 7.11 Å². The Morgan fingerprint density at radius 1 is 0.857 bits per heavy atom. The summed E-state index contributed by atoms with van der Waals surface area (Å²) in [6, 6.07) is 22.3. The Labute approximate surface area is 205 Å². The fraction of sp³-hybridized carbons (Fsp3) is 0.241. The lowest BCUT2D eigenvalue weighted by molar-refractivity contribution is -0.142. The first kappa shape index (κ1) is 24.2. The molecule has 0 N–H and O–H groups in total. The SMILES string of the molecule is COCOc1ccc(Cc2c(C)cc(OCC(=O)OC)cc2C)nc1-c1ccc2ccccc2c1. The minimum absolute atomic E-state index is 0.117. The summed E-state index contributed by atoms with van der Waals surface area (Å²) >= 11 is 0.